The van der Waals surface area contributed by atoms with Gasteiger partial charge in [0.15, 0.2) is 6.79 Å². The van der Waals surface area contributed by atoms with Gasteiger partial charge in [-0.25, -0.2) is 0 Å². The van der Waals surface area contributed by atoms with Crippen LogP contribution in [0.4, 0.5) is 0 Å². The van der Waals surface area contributed by atoms with Crippen LogP contribution in [0.5, 0.6) is 5.75 Å². The molecule has 2 rings (SSSR count). The highest BCUT2D eigenvalue weighted by molar-refractivity contribution is 7.48. The average molecular weight is 444 g/mol. The van der Waals surface area contributed by atoms with Crippen molar-refractivity contribution >= 4 is 13.9 Å². The lowest BCUT2D eigenvalue weighted by atomic mass is 9.82. The maximum atomic E-state index is 6.20. The van der Waals surface area contributed by atoms with Crippen LogP contribution in [0.3, 0.4) is 0 Å². The normalized spacial score (nSPS) is 14.2. The summed E-state index contributed by atoms with van der Waals surface area (Å²) >= 11 is 0. The molecular formula is C27H42NO2P. The Labute approximate surface area is 192 Å². The molecule has 2 aromatic rings. The van der Waals surface area contributed by atoms with E-state index in [-0.39, 0.29) is 17.4 Å². The highest BCUT2D eigenvalue weighted by Gasteiger charge is 2.33. The first-order chi connectivity index (χ1) is 14.7. The van der Waals surface area contributed by atoms with Crippen molar-refractivity contribution in [3.05, 3.63) is 58.7 Å². The van der Waals surface area contributed by atoms with Crippen LogP contribution in [-0.2, 0) is 21.9 Å². The SMILES string of the molecule is CCCCC(C)(Pc1ccccc1CNC)c1cc(C(C)(C)C)cc(C)c1OCOC. The summed E-state index contributed by atoms with van der Waals surface area (Å²) in [4.78, 5) is 0. The molecule has 0 amide bonds. The third-order valence-electron chi connectivity index (χ3n) is 5.88. The van der Waals surface area contributed by atoms with Gasteiger partial charge in [-0.15, -0.1) is 0 Å². The summed E-state index contributed by atoms with van der Waals surface area (Å²) in [6.45, 7) is 14.9. The molecule has 0 aliphatic carbocycles. The minimum Gasteiger partial charge on any atom is -0.467 e. The summed E-state index contributed by atoms with van der Waals surface area (Å²) in [6, 6.07) is 13.5. The molecule has 0 aromatic heterocycles. The van der Waals surface area contributed by atoms with Crippen molar-refractivity contribution in [1.82, 2.24) is 5.32 Å². The molecule has 0 radical (unpaired) electrons. The zero-order valence-electron chi connectivity index (χ0n) is 20.8. The molecule has 3 nitrogen and oxygen atoms in total. The van der Waals surface area contributed by atoms with Crippen LogP contribution in [0, 0.1) is 6.92 Å². The Hall–Kier alpha value is -1.41. The Morgan fingerprint density at radius 3 is 2.39 bits per heavy atom. The van der Waals surface area contributed by atoms with Crippen molar-refractivity contribution in [2.24, 2.45) is 0 Å². The molecule has 0 saturated heterocycles. The third kappa shape index (κ3) is 6.78. The van der Waals surface area contributed by atoms with Crippen LogP contribution in [0.1, 0.15) is 76.1 Å². The molecule has 0 saturated carbocycles. The average Bonchev–Trinajstić information content (AvgIpc) is 2.72. The first-order valence-electron chi connectivity index (χ1n) is 11.4. The topological polar surface area (TPSA) is 30.5 Å². The van der Waals surface area contributed by atoms with Gasteiger partial charge in [-0.3, -0.25) is 0 Å². The van der Waals surface area contributed by atoms with Crippen LogP contribution in [0.15, 0.2) is 36.4 Å². The van der Waals surface area contributed by atoms with E-state index >= 15 is 0 Å². The number of ether oxygens (including phenoxy) is 2. The molecule has 31 heavy (non-hydrogen) atoms. The fourth-order valence-electron chi connectivity index (χ4n) is 4.01. The summed E-state index contributed by atoms with van der Waals surface area (Å²) in [5.74, 6) is 0.993. The fourth-order valence-corrected chi connectivity index (χ4v) is 5.73. The molecule has 2 atom stereocenters. The number of hydrogen-bond donors (Lipinski definition) is 1. The highest BCUT2D eigenvalue weighted by atomic mass is 31.1. The van der Waals surface area contributed by atoms with Gasteiger partial charge in [-0.05, 0) is 47.8 Å². The van der Waals surface area contributed by atoms with E-state index < -0.39 is 0 Å². The Balaban J connectivity index is 2.66. The van der Waals surface area contributed by atoms with E-state index in [0.29, 0.717) is 8.58 Å². The van der Waals surface area contributed by atoms with Crippen molar-refractivity contribution in [2.45, 2.75) is 77.9 Å². The highest BCUT2D eigenvalue weighted by Crippen LogP contribution is 2.50. The van der Waals surface area contributed by atoms with Crippen molar-refractivity contribution in [1.29, 1.82) is 0 Å². The molecule has 2 unspecified atom stereocenters. The molecule has 0 spiro atoms. The maximum absolute atomic E-state index is 6.20. The van der Waals surface area contributed by atoms with Crippen LogP contribution in [-0.4, -0.2) is 21.0 Å². The quantitative estimate of drug-likeness (QED) is 0.322. The summed E-state index contributed by atoms with van der Waals surface area (Å²) < 4.78 is 11.5. The predicted molar refractivity (Wildman–Crippen MR) is 136 cm³/mol. The van der Waals surface area contributed by atoms with Crippen LogP contribution >= 0.6 is 8.58 Å². The standard InChI is InChI=1S/C27H42NO2P/c1-9-10-15-27(6,31-24-14-12-11-13-21(24)18-28-7)23-17-22(26(3,4)5)16-20(2)25(23)30-19-29-8/h11-14,16-17,28,31H,9-10,15,18-19H2,1-8H3. The van der Waals surface area contributed by atoms with Gasteiger partial charge in [-0.2, -0.15) is 0 Å². The van der Waals surface area contributed by atoms with E-state index in [1.54, 1.807) is 7.11 Å². The van der Waals surface area contributed by atoms with Gasteiger partial charge in [-0.1, -0.05) is 92.4 Å². The van der Waals surface area contributed by atoms with E-state index in [1.165, 1.54) is 40.4 Å². The molecule has 4 heteroatoms. The number of aryl methyl sites for hydroxylation is 1. The van der Waals surface area contributed by atoms with Gasteiger partial charge in [0.2, 0.25) is 0 Å². The second kappa shape index (κ2) is 11.5. The summed E-state index contributed by atoms with van der Waals surface area (Å²) in [7, 11) is 4.36. The molecule has 172 valence electrons. The number of methoxy groups -OCH3 is 1. The van der Waals surface area contributed by atoms with E-state index in [2.05, 4.69) is 83.3 Å². The maximum Gasteiger partial charge on any atom is 0.188 e. The number of benzene rings is 2. The van der Waals surface area contributed by atoms with Crippen molar-refractivity contribution in [3.63, 3.8) is 0 Å². The number of unbranched alkanes of at least 4 members (excludes halogenated alkanes) is 1. The molecule has 0 heterocycles. The van der Waals surface area contributed by atoms with E-state index in [0.717, 1.165) is 18.7 Å². The minimum absolute atomic E-state index is 0.00501. The summed E-state index contributed by atoms with van der Waals surface area (Å²) in [5.41, 5.74) is 5.34. The predicted octanol–water partition coefficient (Wildman–Crippen LogP) is 6.40. The molecule has 0 aliphatic heterocycles. The molecule has 2 aromatic carbocycles. The minimum atomic E-state index is -0.00501. The first kappa shape index (κ1) is 25.8. The Kier molecular flexibility index (Phi) is 9.55. The molecule has 1 N–H and O–H groups in total. The van der Waals surface area contributed by atoms with Gasteiger partial charge in [0.1, 0.15) is 5.75 Å². The number of hydrogen-bond acceptors (Lipinski definition) is 3. The smallest absolute Gasteiger partial charge is 0.188 e. The van der Waals surface area contributed by atoms with Gasteiger partial charge < -0.3 is 14.8 Å². The number of nitrogens with one attached hydrogen (secondary N) is 1. The first-order valence-corrected chi connectivity index (χ1v) is 12.4. The van der Waals surface area contributed by atoms with E-state index in [1.807, 2.05) is 7.05 Å². The van der Waals surface area contributed by atoms with Crippen molar-refractivity contribution in [3.8, 4) is 5.75 Å². The molecule has 0 aliphatic rings. The monoisotopic (exact) mass is 443 g/mol. The van der Waals surface area contributed by atoms with Gasteiger partial charge in [0.25, 0.3) is 0 Å². The van der Waals surface area contributed by atoms with Crippen LogP contribution < -0.4 is 15.4 Å². The zero-order chi connectivity index (χ0) is 23.1. The lowest BCUT2D eigenvalue weighted by molar-refractivity contribution is 0.0495. The summed E-state index contributed by atoms with van der Waals surface area (Å²) in [6.07, 6.45) is 3.51. The lowest BCUT2D eigenvalue weighted by Gasteiger charge is -2.35. The Bertz CT molecular complexity index is 844. The molecule has 0 bridgehead atoms. The largest absolute Gasteiger partial charge is 0.467 e. The fraction of sp³-hybridized carbons (Fsp3) is 0.556. The zero-order valence-corrected chi connectivity index (χ0v) is 21.8. The van der Waals surface area contributed by atoms with Crippen LogP contribution in [0.2, 0.25) is 0 Å². The van der Waals surface area contributed by atoms with Gasteiger partial charge in [0.05, 0.1) is 0 Å². The number of rotatable bonds is 11. The van der Waals surface area contributed by atoms with Gasteiger partial charge >= 0.3 is 0 Å². The molecular weight excluding hydrogens is 401 g/mol. The second-order valence-electron chi connectivity index (χ2n) is 9.72. The van der Waals surface area contributed by atoms with E-state index in [9.17, 15) is 0 Å². The summed E-state index contributed by atoms with van der Waals surface area (Å²) in [5, 5.41) is 4.77. The van der Waals surface area contributed by atoms with Crippen molar-refractivity contribution < 1.29 is 9.47 Å². The van der Waals surface area contributed by atoms with Gasteiger partial charge in [0, 0.05) is 24.4 Å². The Morgan fingerprint density at radius 2 is 1.77 bits per heavy atom. The third-order valence-corrected chi connectivity index (χ3v) is 7.71. The van der Waals surface area contributed by atoms with Crippen LogP contribution in [0.25, 0.3) is 0 Å². The lowest BCUT2D eigenvalue weighted by Crippen LogP contribution is -2.25. The van der Waals surface area contributed by atoms with E-state index in [4.69, 9.17) is 9.47 Å². The molecule has 0 fully saturated rings. The second-order valence-corrected chi connectivity index (χ2v) is 11.6. The van der Waals surface area contributed by atoms with Crippen molar-refractivity contribution in [2.75, 3.05) is 21.0 Å². The Morgan fingerprint density at radius 1 is 1.06 bits per heavy atom.